The molecule has 0 aromatic rings. The van der Waals surface area contributed by atoms with Gasteiger partial charge in [-0.1, -0.05) is 27.7 Å². The van der Waals surface area contributed by atoms with Crippen molar-refractivity contribution in [2.45, 2.75) is 40.5 Å². The minimum Gasteiger partial charge on any atom is -0.0622 e. The van der Waals surface area contributed by atoms with Crippen molar-refractivity contribution in [3.8, 4) is 0 Å². The number of hydrogen-bond acceptors (Lipinski definition) is 0. The number of fused-ring (bicyclic) bond motifs is 2. The van der Waals surface area contributed by atoms with Gasteiger partial charge in [-0.15, -0.1) is 0 Å². The molecule has 0 heteroatoms. The molecule has 0 aromatic heterocycles. The average molecular weight is 152 g/mol. The number of hydrogen-bond donors (Lipinski definition) is 0. The van der Waals surface area contributed by atoms with E-state index >= 15 is 0 Å². The fraction of sp³-hybridized carbons (Fsp3) is 1.00. The average Bonchev–Trinajstić information content (AvgIpc) is 1.93. The predicted octanol–water partition coefficient (Wildman–Crippen LogP) is 3.32. The maximum absolute atomic E-state index is 2.47. The summed E-state index contributed by atoms with van der Waals surface area (Å²) in [4.78, 5) is 0. The van der Waals surface area contributed by atoms with Crippen LogP contribution in [0.1, 0.15) is 40.5 Å². The molecule has 3 aliphatic carbocycles. The van der Waals surface area contributed by atoms with E-state index in [4.69, 9.17) is 0 Å². The second kappa shape index (κ2) is 2.02. The van der Waals surface area contributed by atoms with Crippen molar-refractivity contribution in [3.05, 3.63) is 0 Å². The topological polar surface area (TPSA) is 0 Å². The third kappa shape index (κ3) is 0.816. The normalized spacial score (nSPS) is 53.5. The van der Waals surface area contributed by atoms with Crippen molar-refractivity contribution in [2.24, 2.45) is 29.1 Å². The van der Waals surface area contributed by atoms with Crippen LogP contribution in [0.25, 0.3) is 0 Å². The lowest BCUT2D eigenvalue weighted by Gasteiger charge is -2.61. The Morgan fingerprint density at radius 3 is 2.09 bits per heavy atom. The third-order valence-electron chi connectivity index (χ3n) is 4.73. The monoisotopic (exact) mass is 152 g/mol. The second-order valence-electron chi connectivity index (χ2n) is 5.43. The van der Waals surface area contributed by atoms with E-state index in [2.05, 4.69) is 27.7 Å². The smallest absolute Gasteiger partial charge is 0.0295 e. The first-order valence-corrected chi connectivity index (χ1v) is 5.03. The van der Waals surface area contributed by atoms with Crippen LogP contribution in [0.2, 0.25) is 0 Å². The van der Waals surface area contributed by atoms with Gasteiger partial charge in [0.2, 0.25) is 0 Å². The maximum Gasteiger partial charge on any atom is -0.0295 e. The van der Waals surface area contributed by atoms with Crippen LogP contribution in [-0.4, -0.2) is 0 Å². The molecule has 0 amide bonds. The fourth-order valence-corrected chi connectivity index (χ4v) is 3.41. The quantitative estimate of drug-likeness (QED) is 0.499. The zero-order chi connectivity index (χ0) is 8.22. The molecule has 1 unspecified atom stereocenters. The Labute approximate surface area is 70.4 Å². The highest BCUT2D eigenvalue weighted by Gasteiger charge is 2.54. The highest BCUT2D eigenvalue weighted by atomic mass is 14.6. The molecule has 2 bridgehead atoms. The first-order chi connectivity index (χ1) is 5.03. The highest BCUT2D eigenvalue weighted by molar-refractivity contribution is 5.03. The van der Waals surface area contributed by atoms with Gasteiger partial charge in [-0.25, -0.2) is 0 Å². The van der Waals surface area contributed by atoms with Gasteiger partial charge in [0.15, 0.2) is 0 Å². The molecular weight excluding hydrogens is 132 g/mol. The number of rotatable bonds is 0. The van der Waals surface area contributed by atoms with Crippen LogP contribution in [0.3, 0.4) is 0 Å². The first-order valence-electron chi connectivity index (χ1n) is 5.03. The maximum atomic E-state index is 2.47. The third-order valence-corrected chi connectivity index (χ3v) is 4.73. The Morgan fingerprint density at radius 2 is 1.73 bits per heavy atom. The van der Waals surface area contributed by atoms with Crippen molar-refractivity contribution in [1.29, 1.82) is 0 Å². The van der Waals surface area contributed by atoms with Crippen LogP contribution in [0.5, 0.6) is 0 Å². The van der Waals surface area contributed by atoms with E-state index in [0.717, 1.165) is 23.7 Å². The minimum atomic E-state index is 0.686. The van der Waals surface area contributed by atoms with E-state index in [9.17, 15) is 0 Å². The van der Waals surface area contributed by atoms with Gasteiger partial charge in [-0.3, -0.25) is 0 Å². The molecule has 0 spiro atoms. The van der Waals surface area contributed by atoms with Crippen molar-refractivity contribution < 1.29 is 0 Å². The molecule has 64 valence electrons. The van der Waals surface area contributed by atoms with Crippen LogP contribution in [0.15, 0.2) is 0 Å². The van der Waals surface area contributed by atoms with Crippen molar-refractivity contribution in [2.75, 3.05) is 0 Å². The molecule has 3 saturated carbocycles. The molecule has 11 heavy (non-hydrogen) atoms. The van der Waals surface area contributed by atoms with Gasteiger partial charge in [0.1, 0.15) is 0 Å². The molecule has 0 saturated heterocycles. The lowest BCUT2D eigenvalue weighted by Crippen LogP contribution is -2.54. The summed E-state index contributed by atoms with van der Waals surface area (Å²) in [5.41, 5.74) is 0.686. The summed E-state index contributed by atoms with van der Waals surface area (Å²) in [6, 6.07) is 0. The summed E-state index contributed by atoms with van der Waals surface area (Å²) in [5, 5.41) is 0. The Hall–Kier alpha value is 0. The Morgan fingerprint density at radius 1 is 1.09 bits per heavy atom. The van der Waals surface area contributed by atoms with Gasteiger partial charge < -0.3 is 0 Å². The van der Waals surface area contributed by atoms with Gasteiger partial charge in [-0.05, 0) is 41.9 Å². The summed E-state index contributed by atoms with van der Waals surface area (Å²) < 4.78 is 0. The molecule has 0 heterocycles. The molecule has 0 nitrogen and oxygen atoms in total. The van der Waals surface area contributed by atoms with Gasteiger partial charge in [0.05, 0.1) is 0 Å². The Kier molecular flexibility index (Phi) is 1.41. The molecule has 0 N–H and O–H groups in total. The standard InChI is InChI=1S/C11H20/c1-7-5-9-6-10(8(7)2)11(9,3)4/h7-10H,5-6H2,1-4H3/t7?,8-,9-,10-/m1/s1. The molecule has 0 aliphatic heterocycles. The molecule has 4 atom stereocenters. The van der Waals surface area contributed by atoms with E-state index in [1.54, 1.807) is 0 Å². The lowest BCUT2D eigenvalue weighted by atomic mass is 9.44. The lowest BCUT2D eigenvalue weighted by molar-refractivity contribution is -0.124. The van der Waals surface area contributed by atoms with E-state index in [1.165, 1.54) is 12.8 Å². The summed E-state index contributed by atoms with van der Waals surface area (Å²) >= 11 is 0. The predicted molar refractivity (Wildman–Crippen MR) is 48.3 cm³/mol. The molecular formula is C11H20. The summed E-state index contributed by atoms with van der Waals surface area (Å²) in [6.07, 6.45) is 3.02. The molecule has 0 aromatic carbocycles. The van der Waals surface area contributed by atoms with E-state index in [-0.39, 0.29) is 0 Å². The SMILES string of the molecule is CC1C[C@@H]2C[C@H]([C@@H]1C)C2(C)C. The minimum absolute atomic E-state index is 0.686. The molecule has 3 rings (SSSR count). The van der Waals surface area contributed by atoms with Gasteiger partial charge >= 0.3 is 0 Å². The summed E-state index contributed by atoms with van der Waals surface area (Å²) in [5.74, 6) is 4.07. The van der Waals surface area contributed by atoms with Crippen LogP contribution < -0.4 is 0 Å². The van der Waals surface area contributed by atoms with E-state index in [0.29, 0.717) is 5.41 Å². The fourth-order valence-electron chi connectivity index (χ4n) is 3.41. The van der Waals surface area contributed by atoms with E-state index in [1.807, 2.05) is 0 Å². The van der Waals surface area contributed by atoms with Gasteiger partial charge in [-0.2, -0.15) is 0 Å². The highest BCUT2D eigenvalue weighted by Crippen LogP contribution is 2.62. The summed E-state index contributed by atoms with van der Waals surface area (Å²) in [7, 11) is 0. The zero-order valence-corrected chi connectivity index (χ0v) is 8.22. The molecule has 3 aliphatic rings. The molecule has 0 radical (unpaired) electrons. The Bertz CT molecular complexity index is 169. The van der Waals surface area contributed by atoms with Crippen molar-refractivity contribution >= 4 is 0 Å². The van der Waals surface area contributed by atoms with Crippen LogP contribution in [0, 0.1) is 29.1 Å². The van der Waals surface area contributed by atoms with Crippen LogP contribution in [0.4, 0.5) is 0 Å². The summed E-state index contributed by atoms with van der Waals surface area (Å²) in [6.45, 7) is 9.81. The second-order valence-corrected chi connectivity index (χ2v) is 5.43. The zero-order valence-electron chi connectivity index (χ0n) is 8.22. The first kappa shape index (κ1) is 7.64. The van der Waals surface area contributed by atoms with Gasteiger partial charge in [0, 0.05) is 0 Å². The van der Waals surface area contributed by atoms with Gasteiger partial charge in [0.25, 0.3) is 0 Å². The molecule has 3 fully saturated rings. The van der Waals surface area contributed by atoms with E-state index < -0.39 is 0 Å². The Balaban J connectivity index is 2.17. The van der Waals surface area contributed by atoms with Crippen LogP contribution >= 0.6 is 0 Å². The van der Waals surface area contributed by atoms with Crippen molar-refractivity contribution in [3.63, 3.8) is 0 Å². The van der Waals surface area contributed by atoms with Crippen molar-refractivity contribution in [1.82, 2.24) is 0 Å². The largest absolute Gasteiger partial charge is 0.0622 e. The van der Waals surface area contributed by atoms with Crippen LogP contribution in [-0.2, 0) is 0 Å².